The first kappa shape index (κ1) is 8.97. The molecule has 2 aromatic heterocycles. The zero-order valence-electron chi connectivity index (χ0n) is 8.24. The molecule has 2 aromatic rings. The molecule has 1 aliphatic carbocycles. The number of rotatable bonds is 1. The fraction of sp³-hybridized carbons (Fsp3) is 0.400. The van der Waals surface area contributed by atoms with Crippen LogP contribution in [0.5, 0.6) is 5.88 Å². The van der Waals surface area contributed by atoms with Crippen molar-refractivity contribution >= 4 is 17.1 Å². The minimum atomic E-state index is 0.0244. The Bertz CT molecular complexity index is 545. The van der Waals surface area contributed by atoms with Gasteiger partial charge in [0.1, 0.15) is 10.7 Å². The van der Waals surface area contributed by atoms with Gasteiger partial charge >= 0.3 is 0 Å². The Balaban J connectivity index is 2.33. The summed E-state index contributed by atoms with van der Waals surface area (Å²) in [5, 5.41) is 14.6. The first-order valence-electron chi connectivity index (χ1n) is 4.91. The van der Waals surface area contributed by atoms with E-state index >= 15 is 0 Å². The summed E-state index contributed by atoms with van der Waals surface area (Å²) in [5.74, 6) is 1.12. The van der Waals surface area contributed by atoms with Crippen LogP contribution >= 0.6 is 11.6 Å². The van der Waals surface area contributed by atoms with E-state index in [1.54, 1.807) is 10.6 Å². The van der Waals surface area contributed by atoms with Gasteiger partial charge in [0.25, 0.3) is 0 Å². The van der Waals surface area contributed by atoms with Crippen molar-refractivity contribution in [1.82, 2.24) is 14.6 Å². The van der Waals surface area contributed by atoms with Crippen LogP contribution in [0.2, 0.25) is 5.15 Å². The maximum atomic E-state index is 9.79. The Morgan fingerprint density at radius 3 is 2.93 bits per heavy atom. The van der Waals surface area contributed by atoms with E-state index in [1.165, 1.54) is 0 Å². The molecule has 1 fully saturated rings. The number of aryl methyl sites for hydroxylation is 1. The quantitative estimate of drug-likeness (QED) is 0.807. The summed E-state index contributed by atoms with van der Waals surface area (Å²) in [6, 6.07) is 1.78. The molecule has 1 aliphatic rings. The third kappa shape index (κ3) is 1.28. The van der Waals surface area contributed by atoms with Gasteiger partial charge in [0.2, 0.25) is 5.88 Å². The Morgan fingerprint density at radius 2 is 2.27 bits per heavy atom. The van der Waals surface area contributed by atoms with Crippen molar-refractivity contribution in [3.63, 3.8) is 0 Å². The van der Waals surface area contributed by atoms with Gasteiger partial charge < -0.3 is 5.11 Å². The van der Waals surface area contributed by atoms with Gasteiger partial charge in [-0.3, -0.25) is 0 Å². The molecule has 1 saturated carbocycles. The van der Waals surface area contributed by atoms with E-state index in [0.29, 0.717) is 22.4 Å². The van der Waals surface area contributed by atoms with Crippen LogP contribution in [0.15, 0.2) is 6.07 Å². The molecule has 0 atom stereocenters. The maximum Gasteiger partial charge on any atom is 0.239 e. The number of hydrogen-bond donors (Lipinski definition) is 1. The smallest absolute Gasteiger partial charge is 0.239 e. The number of aromatic nitrogens is 3. The molecule has 0 bridgehead atoms. The molecule has 4 nitrogen and oxygen atoms in total. The number of nitrogens with zero attached hydrogens (tertiary/aromatic N) is 3. The third-order valence-corrected chi connectivity index (χ3v) is 2.97. The fourth-order valence-electron chi connectivity index (χ4n) is 1.75. The van der Waals surface area contributed by atoms with Crippen LogP contribution in [0.25, 0.3) is 5.52 Å². The van der Waals surface area contributed by atoms with Gasteiger partial charge in [-0.1, -0.05) is 11.6 Å². The second kappa shape index (κ2) is 2.85. The van der Waals surface area contributed by atoms with E-state index in [4.69, 9.17) is 11.6 Å². The second-order valence-corrected chi connectivity index (χ2v) is 4.37. The van der Waals surface area contributed by atoms with Crippen LogP contribution in [0.3, 0.4) is 0 Å². The van der Waals surface area contributed by atoms with E-state index in [0.717, 1.165) is 18.4 Å². The lowest BCUT2D eigenvalue weighted by Crippen LogP contribution is -2.00. The van der Waals surface area contributed by atoms with E-state index in [1.807, 2.05) is 6.92 Å². The summed E-state index contributed by atoms with van der Waals surface area (Å²) in [5.41, 5.74) is 1.49. The van der Waals surface area contributed by atoms with Crippen molar-refractivity contribution in [2.24, 2.45) is 0 Å². The highest BCUT2D eigenvalue weighted by atomic mass is 35.5. The molecule has 0 amide bonds. The number of fused-ring (bicyclic) bond motifs is 1. The van der Waals surface area contributed by atoms with E-state index < -0.39 is 0 Å². The highest BCUT2D eigenvalue weighted by Gasteiger charge is 2.28. The Hall–Kier alpha value is -1.29. The van der Waals surface area contributed by atoms with Gasteiger partial charge in [-0.05, 0) is 31.4 Å². The second-order valence-electron chi connectivity index (χ2n) is 3.98. The Labute approximate surface area is 91.5 Å². The normalized spacial score (nSPS) is 16.1. The van der Waals surface area contributed by atoms with E-state index in [9.17, 15) is 5.11 Å². The topological polar surface area (TPSA) is 50.4 Å². The molecule has 15 heavy (non-hydrogen) atoms. The predicted octanol–water partition coefficient (Wildman–Crippen LogP) is 2.27. The summed E-state index contributed by atoms with van der Waals surface area (Å²) in [6.45, 7) is 1.88. The van der Waals surface area contributed by atoms with Crippen molar-refractivity contribution in [1.29, 1.82) is 0 Å². The van der Waals surface area contributed by atoms with Gasteiger partial charge in [-0.2, -0.15) is 10.1 Å². The van der Waals surface area contributed by atoms with Gasteiger partial charge in [-0.15, -0.1) is 0 Å². The average molecular weight is 224 g/mol. The maximum absolute atomic E-state index is 9.79. The summed E-state index contributed by atoms with van der Waals surface area (Å²) >= 11 is 6.01. The largest absolute Gasteiger partial charge is 0.492 e. The fourth-order valence-corrected chi connectivity index (χ4v) is 2.04. The van der Waals surface area contributed by atoms with Crippen molar-refractivity contribution < 1.29 is 5.11 Å². The molecule has 0 radical (unpaired) electrons. The van der Waals surface area contributed by atoms with Crippen LogP contribution in [-0.2, 0) is 0 Å². The molecule has 0 aromatic carbocycles. The lowest BCUT2D eigenvalue weighted by atomic mass is 10.3. The molecular formula is C10H10ClN3O. The minimum absolute atomic E-state index is 0.0244. The molecule has 0 spiro atoms. The average Bonchev–Trinajstić information content (AvgIpc) is 2.95. The minimum Gasteiger partial charge on any atom is -0.492 e. The van der Waals surface area contributed by atoms with Gasteiger partial charge in [-0.25, -0.2) is 4.52 Å². The Morgan fingerprint density at radius 1 is 1.53 bits per heavy atom. The Kier molecular flexibility index (Phi) is 1.71. The number of hydrogen-bond acceptors (Lipinski definition) is 3. The summed E-state index contributed by atoms with van der Waals surface area (Å²) in [7, 11) is 0. The van der Waals surface area contributed by atoms with Crippen molar-refractivity contribution in [3.8, 4) is 5.88 Å². The van der Waals surface area contributed by atoms with Crippen molar-refractivity contribution in [2.45, 2.75) is 25.7 Å². The number of halogens is 1. The molecule has 5 heteroatoms. The van der Waals surface area contributed by atoms with Gasteiger partial charge in [0.05, 0.1) is 0 Å². The van der Waals surface area contributed by atoms with E-state index in [-0.39, 0.29) is 5.88 Å². The first-order valence-corrected chi connectivity index (χ1v) is 5.29. The van der Waals surface area contributed by atoms with E-state index in [2.05, 4.69) is 10.1 Å². The molecule has 0 aliphatic heterocycles. The van der Waals surface area contributed by atoms with Crippen LogP contribution in [0, 0.1) is 6.92 Å². The summed E-state index contributed by atoms with van der Waals surface area (Å²) in [4.78, 5) is 4.10. The zero-order chi connectivity index (χ0) is 10.6. The van der Waals surface area contributed by atoms with Crippen LogP contribution < -0.4 is 0 Å². The summed E-state index contributed by atoms with van der Waals surface area (Å²) < 4.78 is 1.56. The third-order valence-electron chi connectivity index (χ3n) is 2.70. The number of aromatic hydroxyl groups is 1. The van der Waals surface area contributed by atoms with Crippen molar-refractivity contribution in [2.75, 3.05) is 0 Å². The molecular weight excluding hydrogens is 214 g/mol. The first-order chi connectivity index (χ1) is 7.16. The molecule has 0 saturated heterocycles. The molecule has 1 N–H and O–H groups in total. The van der Waals surface area contributed by atoms with Crippen LogP contribution in [-0.4, -0.2) is 19.7 Å². The molecule has 3 rings (SSSR count). The van der Waals surface area contributed by atoms with Crippen LogP contribution in [0.4, 0.5) is 0 Å². The predicted molar refractivity (Wildman–Crippen MR) is 56.4 cm³/mol. The highest BCUT2D eigenvalue weighted by molar-refractivity contribution is 6.30. The lowest BCUT2D eigenvalue weighted by Gasteiger charge is -2.02. The molecule has 0 unspecified atom stereocenters. The molecule has 2 heterocycles. The zero-order valence-corrected chi connectivity index (χ0v) is 8.99. The van der Waals surface area contributed by atoms with Crippen LogP contribution in [0.1, 0.15) is 30.1 Å². The van der Waals surface area contributed by atoms with Gasteiger partial charge in [0, 0.05) is 5.92 Å². The SMILES string of the molecule is Cc1cc(Cl)n2nc(C3CC3)nc(O)c12. The van der Waals surface area contributed by atoms with Crippen molar-refractivity contribution in [3.05, 3.63) is 22.6 Å². The standard InChI is InChI=1S/C10H10ClN3O/c1-5-4-7(11)14-8(5)10(15)12-9(13-14)6-2-3-6/h4,6H,2-3H2,1H3,(H,12,13,15). The molecule has 78 valence electrons. The van der Waals surface area contributed by atoms with Gasteiger partial charge in [0.15, 0.2) is 5.82 Å². The monoisotopic (exact) mass is 223 g/mol. The highest BCUT2D eigenvalue weighted by Crippen LogP contribution is 2.39. The summed E-state index contributed by atoms with van der Waals surface area (Å²) in [6.07, 6.45) is 2.20. The lowest BCUT2D eigenvalue weighted by molar-refractivity contribution is 0.449.